The largest absolute Gasteiger partial charge is 0.402 e. The van der Waals surface area contributed by atoms with Crippen LogP contribution < -0.4 is 11.5 Å². The molecule has 0 bridgehead atoms. The molecule has 3 nitrogen and oxygen atoms in total. The SMILES string of the molecule is NC(=S)/C=C(\N)CCCOCc1ccccc1. The van der Waals surface area contributed by atoms with E-state index in [9.17, 15) is 0 Å². The van der Waals surface area contributed by atoms with Crippen molar-refractivity contribution >= 4 is 17.2 Å². The highest BCUT2D eigenvalue weighted by Crippen LogP contribution is 2.03. The molecule has 1 rings (SSSR count). The van der Waals surface area contributed by atoms with Crippen LogP contribution in [0.2, 0.25) is 0 Å². The predicted octanol–water partition coefficient (Wildman–Crippen LogP) is 2.11. The van der Waals surface area contributed by atoms with Crippen LogP contribution in [0.1, 0.15) is 18.4 Å². The maximum Gasteiger partial charge on any atom is 0.0979 e. The third kappa shape index (κ3) is 6.71. The van der Waals surface area contributed by atoms with Crippen molar-refractivity contribution < 1.29 is 4.74 Å². The van der Waals surface area contributed by atoms with E-state index >= 15 is 0 Å². The molecule has 4 heteroatoms. The zero-order valence-electron chi connectivity index (χ0n) is 9.76. The summed E-state index contributed by atoms with van der Waals surface area (Å²) in [6.45, 7) is 1.32. The summed E-state index contributed by atoms with van der Waals surface area (Å²) in [6.07, 6.45) is 3.25. The van der Waals surface area contributed by atoms with Gasteiger partial charge in [0.2, 0.25) is 0 Å². The van der Waals surface area contributed by atoms with Crippen molar-refractivity contribution in [1.82, 2.24) is 0 Å². The standard InChI is InChI=1S/C13H18N2OS/c14-12(9-13(15)17)7-4-8-16-10-11-5-2-1-3-6-11/h1-3,5-6,9H,4,7-8,10,14H2,(H2,15,17)/b12-9-. The third-order valence-electron chi connectivity index (χ3n) is 2.19. The van der Waals surface area contributed by atoms with Crippen LogP contribution in [0.3, 0.4) is 0 Å². The average Bonchev–Trinajstić information content (AvgIpc) is 2.29. The molecule has 0 aliphatic heterocycles. The molecule has 0 saturated heterocycles. The van der Waals surface area contributed by atoms with E-state index in [0.717, 1.165) is 12.8 Å². The van der Waals surface area contributed by atoms with Crippen molar-refractivity contribution in [3.05, 3.63) is 47.7 Å². The molecule has 0 atom stereocenters. The van der Waals surface area contributed by atoms with Gasteiger partial charge in [0.25, 0.3) is 0 Å². The summed E-state index contributed by atoms with van der Waals surface area (Å²) in [5, 5.41) is 0. The lowest BCUT2D eigenvalue weighted by Crippen LogP contribution is -2.09. The molecule has 0 aromatic heterocycles. The van der Waals surface area contributed by atoms with Gasteiger partial charge in [-0.2, -0.15) is 0 Å². The highest BCUT2D eigenvalue weighted by Gasteiger charge is 1.95. The molecule has 0 fully saturated rings. The average molecular weight is 250 g/mol. The van der Waals surface area contributed by atoms with Crippen LogP contribution >= 0.6 is 12.2 Å². The van der Waals surface area contributed by atoms with Crippen molar-refractivity contribution in [2.24, 2.45) is 11.5 Å². The first-order valence-electron chi connectivity index (χ1n) is 5.55. The van der Waals surface area contributed by atoms with Gasteiger partial charge in [-0.15, -0.1) is 0 Å². The molecule has 0 heterocycles. The Morgan fingerprint density at radius 1 is 1.24 bits per heavy atom. The maximum atomic E-state index is 5.71. The zero-order valence-corrected chi connectivity index (χ0v) is 10.6. The normalized spacial score (nSPS) is 11.4. The van der Waals surface area contributed by atoms with Crippen LogP contribution in [0.15, 0.2) is 42.1 Å². The molecule has 0 amide bonds. The summed E-state index contributed by atoms with van der Waals surface area (Å²) < 4.78 is 5.53. The number of benzene rings is 1. The van der Waals surface area contributed by atoms with Crippen molar-refractivity contribution in [2.45, 2.75) is 19.4 Å². The first kappa shape index (κ1) is 13.7. The molecular formula is C13H18N2OS. The number of hydrogen-bond acceptors (Lipinski definition) is 3. The van der Waals surface area contributed by atoms with Crippen LogP contribution in [0.4, 0.5) is 0 Å². The van der Waals surface area contributed by atoms with Gasteiger partial charge in [0, 0.05) is 12.3 Å². The summed E-state index contributed by atoms with van der Waals surface area (Å²) in [5.74, 6) is 0. The fourth-order valence-electron chi connectivity index (χ4n) is 1.40. The molecule has 1 aromatic rings. The molecular weight excluding hydrogens is 232 g/mol. The monoisotopic (exact) mass is 250 g/mol. The first-order chi connectivity index (χ1) is 8.18. The number of rotatable bonds is 7. The number of ether oxygens (including phenoxy) is 1. The van der Waals surface area contributed by atoms with E-state index in [-0.39, 0.29) is 0 Å². The number of hydrogen-bond donors (Lipinski definition) is 2. The lowest BCUT2D eigenvalue weighted by molar-refractivity contribution is 0.118. The van der Waals surface area contributed by atoms with E-state index < -0.39 is 0 Å². The second-order valence-electron chi connectivity index (χ2n) is 3.76. The summed E-state index contributed by atoms with van der Waals surface area (Å²) in [6, 6.07) is 10.1. The Balaban J connectivity index is 2.11. The van der Waals surface area contributed by atoms with E-state index in [2.05, 4.69) is 0 Å². The van der Waals surface area contributed by atoms with Gasteiger partial charge < -0.3 is 16.2 Å². The van der Waals surface area contributed by atoms with Crippen LogP contribution in [0.25, 0.3) is 0 Å². The quantitative estimate of drug-likeness (QED) is 0.442. The van der Waals surface area contributed by atoms with Gasteiger partial charge in [-0.3, -0.25) is 0 Å². The zero-order chi connectivity index (χ0) is 12.5. The number of thiocarbonyl (C=S) groups is 1. The Hall–Kier alpha value is -1.39. The van der Waals surface area contributed by atoms with Gasteiger partial charge in [0.1, 0.15) is 0 Å². The molecule has 0 saturated carbocycles. The summed E-state index contributed by atoms with van der Waals surface area (Å²) >= 11 is 4.73. The third-order valence-corrected chi connectivity index (χ3v) is 2.31. The van der Waals surface area contributed by atoms with E-state index in [1.807, 2.05) is 30.3 Å². The number of allylic oxidation sites excluding steroid dienone is 1. The minimum absolute atomic E-state index is 0.327. The van der Waals surface area contributed by atoms with Crippen molar-refractivity contribution in [3.63, 3.8) is 0 Å². The highest BCUT2D eigenvalue weighted by molar-refractivity contribution is 7.80. The minimum Gasteiger partial charge on any atom is -0.402 e. The second-order valence-corrected chi connectivity index (χ2v) is 4.23. The van der Waals surface area contributed by atoms with Crippen LogP contribution in [-0.2, 0) is 11.3 Å². The maximum absolute atomic E-state index is 5.71. The Morgan fingerprint density at radius 2 is 1.94 bits per heavy atom. The predicted molar refractivity (Wildman–Crippen MR) is 74.4 cm³/mol. The summed E-state index contributed by atoms with van der Waals surface area (Å²) in [5.41, 5.74) is 12.9. The molecule has 4 N–H and O–H groups in total. The highest BCUT2D eigenvalue weighted by atomic mass is 32.1. The Kier molecular flexibility index (Phi) is 6.29. The molecule has 92 valence electrons. The number of nitrogens with two attached hydrogens (primary N) is 2. The van der Waals surface area contributed by atoms with Crippen molar-refractivity contribution in [3.8, 4) is 0 Å². The summed E-state index contributed by atoms with van der Waals surface area (Å²) in [4.78, 5) is 0.327. The van der Waals surface area contributed by atoms with E-state index in [1.165, 1.54) is 5.56 Å². The molecule has 0 spiro atoms. The first-order valence-corrected chi connectivity index (χ1v) is 5.96. The Bertz CT molecular complexity index is 376. The minimum atomic E-state index is 0.327. The van der Waals surface area contributed by atoms with Crippen LogP contribution in [0, 0.1) is 0 Å². The lowest BCUT2D eigenvalue weighted by atomic mass is 10.2. The molecule has 17 heavy (non-hydrogen) atoms. The van der Waals surface area contributed by atoms with Gasteiger partial charge in [-0.1, -0.05) is 42.5 Å². The van der Waals surface area contributed by atoms with Gasteiger partial charge in [-0.05, 0) is 24.5 Å². The molecule has 0 aliphatic rings. The van der Waals surface area contributed by atoms with Gasteiger partial charge >= 0.3 is 0 Å². The fourth-order valence-corrected chi connectivity index (χ4v) is 1.55. The molecule has 0 unspecified atom stereocenters. The smallest absolute Gasteiger partial charge is 0.0979 e. The van der Waals surface area contributed by atoms with Crippen molar-refractivity contribution in [1.29, 1.82) is 0 Å². The van der Waals surface area contributed by atoms with E-state index in [0.29, 0.717) is 23.9 Å². The molecule has 0 aliphatic carbocycles. The fraction of sp³-hybridized carbons (Fsp3) is 0.308. The van der Waals surface area contributed by atoms with Gasteiger partial charge in [0.15, 0.2) is 0 Å². The van der Waals surface area contributed by atoms with E-state index in [1.54, 1.807) is 6.08 Å². The molecule has 1 aromatic carbocycles. The Labute approximate surface area is 107 Å². The molecule has 0 radical (unpaired) electrons. The topological polar surface area (TPSA) is 61.3 Å². The van der Waals surface area contributed by atoms with Crippen molar-refractivity contribution in [2.75, 3.05) is 6.61 Å². The van der Waals surface area contributed by atoms with E-state index in [4.69, 9.17) is 28.4 Å². The van der Waals surface area contributed by atoms with Crippen LogP contribution in [-0.4, -0.2) is 11.6 Å². The van der Waals surface area contributed by atoms with Gasteiger partial charge in [-0.25, -0.2) is 0 Å². The summed E-state index contributed by atoms with van der Waals surface area (Å²) in [7, 11) is 0. The van der Waals surface area contributed by atoms with Crippen LogP contribution in [0.5, 0.6) is 0 Å². The Morgan fingerprint density at radius 3 is 2.59 bits per heavy atom. The van der Waals surface area contributed by atoms with Gasteiger partial charge in [0.05, 0.1) is 11.6 Å². The lowest BCUT2D eigenvalue weighted by Gasteiger charge is -2.04. The second kappa shape index (κ2) is 7.81.